The van der Waals surface area contributed by atoms with Crippen molar-refractivity contribution in [2.45, 2.75) is 11.7 Å². The number of hydrogen-bond acceptors (Lipinski definition) is 4. The van der Waals surface area contributed by atoms with Crippen LogP contribution in [0, 0.1) is 0 Å². The van der Waals surface area contributed by atoms with Crippen LogP contribution < -0.4 is 5.32 Å². The van der Waals surface area contributed by atoms with Crippen LogP contribution in [0.4, 0.5) is 0 Å². The first kappa shape index (κ1) is 11.3. The number of nitrogens with zero attached hydrogens (tertiary/aromatic N) is 1. The first-order valence-corrected chi connectivity index (χ1v) is 7.39. The molecule has 0 aromatic heterocycles. The molecule has 0 aromatic rings. The highest BCUT2D eigenvalue weighted by Crippen LogP contribution is 2.29. The molecule has 4 nitrogen and oxygen atoms in total. The van der Waals surface area contributed by atoms with Crippen LogP contribution in [-0.2, 0) is 9.59 Å². The van der Waals surface area contributed by atoms with Crippen molar-refractivity contribution in [1.29, 1.82) is 0 Å². The molecule has 0 radical (unpaired) electrons. The number of rotatable bonds is 4. The molecule has 1 N–H and O–H groups in total. The maximum absolute atomic E-state index is 11.5. The molecule has 0 bridgehead atoms. The van der Waals surface area contributed by atoms with E-state index in [-0.39, 0.29) is 17.1 Å². The van der Waals surface area contributed by atoms with Gasteiger partial charge >= 0.3 is 0 Å². The van der Waals surface area contributed by atoms with E-state index >= 15 is 0 Å². The van der Waals surface area contributed by atoms with Gasteiger partial charge in [0.2, 0.25) is 11.8 Å². The zero-order valence-electron chi connectivity index (χ0n) is 7.25. The summed E-state index contributed by atoms with van der Waals surface area (Å²) in [5.41, 5.74) is 0. The van der Waals surface area contributed by atoms with Crippen molar-refractivity contribution in [1.82, 2.24) is 10.2 Å². The summed E-state index contributed by atoms with van der Waals surface area (Å²) < 4.78 is 0. The second kappa shape index (κ2) is 5.16. The molecule has 1 fully saturated rings. The normalized spacial score (nSPS) is 22.9. The Kier molecular flexibility index (Phi) is 4.47. The minimum atomic E-state index is -0.162. The maximum Gasteiger partial charge on any atom is 0.243 e. The van der Waals surface area contributed by atoms with Gasteiger partial charge in [-0.25, -0.2) is 0 Å². The van der Waals surface area contributed by atoms with E-state index < -0.39 is 0 Å². The monoisotopic (exact) mass is 314 g/mol. The van der Waals surface area contributed by atoms with Crippen molar-refractivity contribution in [3.63, 3.8) is 0 Å². The molecule has 1 rings (SSSR count). The molecule has 0 saturated carbocycles. The lowest BCUT2D eigenvalue weighted by Crippen LogP contribution is -2.36. The number of likely N-dealkylation sites (tertiary alicyclic amines) is 1. The molecule has 0 spiro atoms. The summed E-state index contributed by atoms with van der Waals surface area (Å²) in [5.74, 6) is -0.0888. The number of carbonyl (C=O) groups excluding carboxylic acids is 2. The third kappa shape index (κ3) is 2.57. The Morgan fingerprint density at radius 1 is 1.69 bits per heavy atom. The average Bonchev–Trinajstić information content (AvgIpc) is 2.39. The summed E-state index contributed by atoms with van der Waals surface area (Å²) in [6, 6.07) is 0. The van der Waals surface area contributed by atoms with Crippen LogP contribution >= 0.6 is 30.1 Å². The Labute approximate surface area is 93.4 Å². The number of hydrogen-bond donors (Lipinski definition) is 1. The van der Waals surface area contributed by atoms with Gasteiger partial charge in [-0.15, -0.1) is 0 Å². The maximum atomic E-state index is 11.5. The van der Waals surface area contributed by atoms with E-state index in [1.54, 1.807) is 7.05 Å². The van der Waals surface area contributed by atoms with Gasteiger partial charge in [-0.3, -0.25) is 14.5 Å². The van der Waals surface area contributed by atoms with Crippen molar-refractivity contribution >= 4 is 42.0 Å². The fraction of sp³-hybridized carbons (Fsp3) is 0.714. The first-order chi connectivity index (χ1) is 6.20. The third-order valence-corrected chi connectivity index (χ3v) is 4.32. The van der Waals surface area contributed by atoms with Gasteiger partial charge in [0.05, 0.1) is 0 Å². The highest BCUT2D eigenvalue weighted by Gasteiger charge is 2.37. The second-order valence-corrected chi connectivity index (χ2v) is 5.04. The largest absolute Gasteiger partial charge is 0.318 e. The van der Waals surface area contributed by atoms with Gasteiger partial charge in [-0.1, -0.05) is 8.93 Å². The van der Waals surface area contributed by atoms with Crippen molar-refractivity contribution < 1.29 is 9.59 Å². The first-order valence-electron chi connectivity index (χ1n) is 3.97. The molecular weight excluding hydrogens is 303 g/mol. The number of amides is 2. The van der Waals surface area contributed by atoms with Crippen LogP contribution in [0.3, 0.4) is 0 Å². The van der Waals surface area contributed by atoms with E-state index in [4.69, 9.17) is 0 Å². The molecule has 13 heavy (non-hydrogen) atoms. The summed E-state index contributed by atoms with van der Waals surface area (Å²) in [4.78, 5) is 24.2. The van der Waals surface area contributed by atoms with Crippen molar-refractivity contribution in [2.75, 3.05) is 20.1 Å². The molecule has 0 aliphatic carbocycles. The Bertz CT molecular complexity index is 225. The van der Waals surface area contributed by atoms with E-state index in [1.165, 1.54) is 13.8 Å². The van der Waals surface area contributed by atoms with Crippen LogP contribution in [0.1, 0.15) is 6.42 Å². The summed E-state index contributed by atoms with van der Waals surface area (Å²) in [7, 11) is 3.22. The minimum absolute atomic E-state index is 0.0420. The molecule has 2 amide bonds. The SMILES string of the molecule is CNCCN1C(=O)CC(SI)C1=O. The zero-order chi connectivity index (χ0) is 9.84. The van der Waals surface area contributed by atoms with E-state index in [2.05, 4.69) is 26.5 Å². The Hall–Kier alpha value is 0.180. The Morgan fingerprint density at radius 3 is 2.85 bits per heavy atom. The van der Waals surface area contributed by atoms with Gasteiger partial charge in [0.25, 0.3) is 0 Å². The average molecular weight is 314 g/mol. The number of imide groups is 1. The molecule has 1 aliphatic rings. The molecule has 1 aliphatic heterocycles. The predicted molar refractivity (Wildman–Crippen MR) is 60.7 cm³/mol. The van der Waals surface area contributed by atoms with Gasteiger partial charge < -0.3 is 5.32 Å². The van der Waals surface area contributed by atoms with Crippen molar-refractivity contribution in [2.24, 2.45) is 0 Å². The lowest BCUT2D eigenvalue weighted by Gasteiger charge is -2.13. The quantitative estimate of drug-likeness (QED) is 0.603. The zero-order valence-corrected chi connectivity index (χ0v) is 10.2. The van der Waals surface area contributed by atoms with E-state index in [1.807, 2.05) is 0 Å². The standard InChI is InChI=1S/C7H11IN2O2S/c1-9-2-3-10-6(11)4-5(13-8)7(10)12/h5,9H,2-4H2,1H3. The molecule has 74 valence electrons. The molecule has 1 unspecified atom stereocenters. The van der Waals surface area contributed by atoms with E-state index in [0.29, 0.717) is 19.5 Å². The summed E-state index contributed by atoms with van der Waals surface area (Å²) in [6.45, 7) is 1.15. The number of carbonyl (C=O) groups is 2. The van der Waals surface area contributed by atoms with E-state index in [0.717, 1.165) is 0 Å². The molecule has 1 heterocycles. The van der Waals surface area contributed by atoms with Crippen LogP contribution in [-0.4, -0.2) is 42.1 Å². The molecule has 1 atom stereocenters. The van der Waals surface area contributed by atoms with E-state index in [9.17, 15) is 9.59 Å². The van der Waals surface area contributed by atoms with Gasteiger partial charge in [0.15, 0.2) is 0 Å². The van der Waals surface area contributed by atoms with Gasteiger partial charge in [-0.2, -0.15) is 0 Å². The lowest BCUT2D eigenvalue weighted by molar-refractivity contribution is -0.138. The summed E-state index contributed by atoms with van der Waals surface area (Å²) >= 11 is 2.06. The highest BCUT2D eigenvalue weighted by molar-refractivity contribution is 14.2. The summed E-state index contributed by atoms with van der Waals surface area (Å²) in [5, 5.41) is 2.75. The van der Waals surface area contributed by atoms with Crippen LogP contribution in [0.15, 0.2) is 0 Å². The number of halogens is 1. The lowest BCUT2D eigenvalue weighted by atomic mass is 10.4. The molecular formula is C7H11IN2O2S. The Morgan fingerprint density at radius 2 is 2.38 bits per heavy atom. The molecule has 6 heteroatoms. The highest BCUT2D eigenvalue weighted by atomic mass is 127. The number of nitrogens with one attached hydrogen (secondary N) is 1. The minimum Gasteiger partial charge on any atom is -0.318 e. The smallest absolute Gasteiger partial charge is 0.243 e. The second-order valence-electron chi connectivity index (χ2n) is 2.77. The molecule has 0 aromatic carbocycles. The van der Waals surface area contributed by atoms with Crippen molar-refractivity contribution in [3.05, 3.63) is 0 Å². The number of likely N-dealkylation sites (N-methyl/N-ethyl adjacent to an activating group) is 1. The Balaban J connectivity index is 2.54. The van der Waals surface area contributed by atoms with Crippen LogP contribution in [0.5, 0.6) is 0 Å². The summed E-state index contributed by atoms with van der Waals surface area (Å²) in [6.07, 6.45) is 0.357. The topological polar surface area (TPSA) is 49.4 Å². The van der Waals surface area contributed by atoms with Crippen LogP contribution in [0.2, 0.25) is 0 Å². The molecule has 1 saturated heterocycles. The predicted octanol–water partition coefficient (Wildman–Crippen LogP) is 0.417. The van der Waals surface area contributed by atoms with Gasteiger partial charge in [0.1, 0.15) is 5.25 Å². The van der Waals surface area contributed by atoms with Crippen LogP contribution in [0.25, 0.3) is 0 Å². The third-order valence-electron chi connectivity index (χ3n) is 1.90. The van der Waals surface area contributed by atoms with Crippen molar-refractivity contribution in [3.8, 4) is 0 Å². The fourth-order valence-corrected chi connectivity index (χ4v) is 2.78. The van der Waals surface area contributed by atoms with Gasteiger partial charge in [0, 0.05) is 19.5 Å². The van der Waals surface area contributed by atoms with Gasteiger partial charge in [-0.05, 0) is 28.3 Å². The fourth-order valence-electron chi connectivity index (χ4n) is 1.18.